The Morgan fingerprint density at radius 2 is 1.91 bits per heavy atom. The lowest BCUT2D eigenvalue weighted by atomic mass is 9.89. The number of carbonyl (C=O) groups is 1. The van der Waals surface area contributed by atoms with E-state index < -0.39 is 9.96 Å². The summed E-state index contributed by atoms with van der Waals surface area (Å²) in [7, 11) is 0. The average molecular weight is 512 g/mol. The number of para-hydroxylation sites is 1. The molecule has 1 unspecified atom stereocenters. The highest BCUT2D eigenvalue weighted by atomic mass is 35.6. The molecular formula is C23H25Cl3N4OS. The molecule has 4 rings (SSSR count). The number of amides is 1. The van der Waals surface area contributed by atoms with Gasteiger partial charge in [-0.1, -0.05) is 78.3 Å². The van der Waals surface area contributed by atoms with Crippen molar-refractivity contribution in [2.24, 2.45) is 5.92 Å². The highest BCUT2D eigenvalue weighted by Gasteiger charge is 2.43. The fraction of sp³-hybridized carbons (Fsp3) is 0.435. The molecule has 2 fully saturated rings. The van der Waals surface area contributed by atoms with Gasteiger partial charge in [0.1, 0.15) is 0 Å². The SMILES string of the molecule is O=C(/C=C/C1CCCCC1)NC(N1CCN(c2cccc3cccnc23)C1=S)C(Cl)(Cl)Cl. The average Bonchev–Trinajstić information content (AvgIpc) is 3.16. The molecule has 170 valence electrons. The molecule has 1 aromatic carbocycles. The zero-order valence-corrected chi connectivity index (χ0v) is 20.6. The minimum Gasteiger partial charge on any atom is -0.328 e. The van der Waals surface area contributed by atoms with Gasteiger partial charge in [-0.25, -0.2) is 0 Å². The van der Waals surface area contributed by atoms with Gasteiger partial charge in [0.05, 0.1) is 11.2 Å². The lowest BCUT2D eigenvalue weighted by Crippen LogP contribution is -2.56. The van der Waals surface area contributed by atoms with Gasteiger partial charge in [-0.15, -0.1) is 0 Å². The van der Waals surface area contributed by atoms with Crippen molar-refractivity contribution < 1.29 is 4.79 Å². The van der Waals surface area contributed by atoms with Crippen molar-refractivity contribution in [3.8, 4) is 0 Å². The number of benzene rings is 1. The third-order valence-corrected chi connectivity index (χ3v) is 7.09. The van der Waals surface area contributed by atoms with Crippen LogP contribution in [0.15, 0.2) is 48.7 Å². The molecule has 32 heavy (non-hydrogen) atoms. The highest BCUT2D eigenvalue weighted by Crippen LogP contribution is 2.36. The molecule has 9 heteroatoms. The monoisotopic (exact) mass is 510 g/mol. The van der Waals surface area contributed by atoms with Crippen molar-refractivity contribution >= 4 is 74.6 Å². The number of hydrogen-bond acceptors (Lipinski definition) is 3. The Morgan fingerprint density at radius 1 is 1.16 bits per heavy atom. The summed E-state index contributed by atoms with van der Waals surface area (Å²) in [5.41, 5.74) is 1.74. The van der Waals surface area contributed by atoms with Crippen molar-refractivity contribution in [2.75, 3.05) is 18.0 Å². The van der Waals surface area contributed by atoms with E-state index in [0.717, 1.165) is 29.4 Å². The number of alkyl halides is 3. The van der Waals surface area contributed by atoms with Gasteiger partial charge in [0, 0.05) is 24.7 Å². The molecule has 2 heterocycles. The van der Waals surface area contributed by atoms with E-state index in [2.05, 4.69) is 10.3 Å². The quantitative estimate of drug-likeness (QED) is 0.322. The van der Waals surface area contributed by atoms with Gasteiger partial charge in [-0.05, 0) is 49.2 Å². The molecule has 0 radical (unpaired) electrons. The van der Waals surface area contributed by atoms with E-state index >= 15 is 0 Å². The van der Waals surface area contributed by atoms with Crippen molar-refractivity contribution in [2.45, 2.75) is 42.1 Å². The standard InChI is InChI=1S/C23H25Cl3N4OS/c24-23(25,26)21(28-19(31)12-11-16-6-2-1-3-7-16)30-15-14-29(22(30)32)18-10-4-8-17-9-5-13-27-20(17)18/h4-5,8-13,16,21H,1-3,6-7,14-15H2,(H,28,31)/b12-11+. The number of pyridine rings is 1. The van der Waals surface area contributed by atoms with Gasteiger partial charge in [0.25, 0.3) is 0 Å². The predicted octanol–water partition coefficient (Wildman–Crippen LogP) is 5.59. The number of hydrogen-bond donors (Lipinski definition) is 1. The normalized spacial score (nSPS) is 19.2. The third-order valence-electron chi connectivity index (χ3n) is 6.01. The fourth-order valence-electron chi connectivity index (χ4n) is 4.39. The summed E-state index contributed by atoms with van der Waals surface area (Å²) in [5, 5.41) is 4.35. The smallest absolute Gasteiger partial charge is 0.245 e. The second-order valence-corrected chi connectivity index (χ2v) is 10.9. The number of nitrogens with one attached hydrogen (secondary N) is 1. The summed E-state index contributed by atoms with van der Waals surface area (Å²) in [5.74, 6) is 0.142. The van der Waals surface area contributed by atoms with Gasteiger partial charge < -0.3 is 15.1 Å². The number of fused-ring (bicyclic) bond motifs is 1. The Bertz CT molecular complexity index is 1010. The molecule has 1 amide bonds. The molecule has 5 nitrogen and oxygen atoms in total. The summed E-state index contributed by atoms with van der Waals surface area (Å²) in [6, 6.07) is 9.85. The third kappa shape index (κ3) is 5.30. The van der Waals surface area contributed by atoms with Crippen molar-refractivity contribution in [1.29, 1.82) is 0 Å². The maximum absolute atomic E-state index is 12.7. The van der Waals surface area contributed by atoms with E-state index in [1.807, 2.05) is 41.3 Å². The van der Waals surface area contributed by atoms with Gasteiger partial charge in [0.15, 0.2) is 11.3 Å². The van der Waals surface area contributed by atoms with Crippen LogP contribution in [0.2, 0.25) is 0 Å². The van der Waals surface area contributed by atoms with Crippen LogP contribution in [0.5, 0.6) is 0 Å². The van der Waals surface area contributed by atoms with Crippen LogP contribution in [-0.2, 0) is 4.79 Å². The van der Waals surface area contributed by atoms with E-state index in [0.29, 0.717) is 24.1 Å². The topological polar surface area (TPSA) is 48.5 Å². The molecule has 1 aliphatic heterocycles. The lowest BCUT2D eigenvalue weighted by molar-refractivity contribution is -0.117. The van der Waals surface area contributed by atoms with Gasteiger partial charge in [-0.3, -0.25) is 9.78 Å². The van der Waals surface area contributed by atoms with Crippen molar-refractivity contribution in [3.63, 3.8) is 0 Å². The molecule has 2 aliphatic rings. The number of halogens is 3. The fourth-order valence-corrected chi connectivity index (χ4v) is 5.30. The van der Waals surface area contributed by atoms with Crippen LogP contribution in [0, 0.1) is 5.92 Å². The Labute approximate surface area is 208 Å². The molecule has 1 aliphatic carbocycles. The molecule has 0 bridgehead atoms. The maximum Gasteiger partial charge on any atom is 0.245 e. The van der Waals surface area contributed by atoms with Crippen molar-refractivity contribution in [1.82, 2.24) is 15.2 Å². The van der Waals surface area contributed by atoms with E-state index in [9.17, 15) is 4.79 Å². The zero-order chi connectivity index (χ0) is 22.7. The summed E-state index contributed by atoms with van der Waals surface area (Å²) >= 11 is 24.6. The van der Waals surface area contributed by atoms with Crippen LogP contribution in [0.3, 0.4) is 0 Å². The first-order valence-electron chi connectivity index (χ1n) is 10.8. The summed E-state index contributed by atoms with van der Waals surface area (Å²) in [6.07, 6.45) is 10.3. The second-order valence-electron chi connectivity index (χ2n) is 8.19. The highest BCUT2D eigenvalue weighted by molar-refractivity contribution is 7.80. The largest absolute Gasteiger partial charge is 0.328 e. The van der Waals surface area contributed by atoms with Crippen LogP contribution in [-0.4, -0.2) is 44.0 Å². The molecule has 1 atom stereocenters. The zero-order valence-electron chi connectivity index (χ0n) is 17.5. The number of thiocarbonyl (C=S) groups is 1. The Kier molecular flexibility index (Phi) is 7.45. The van der Waals surface area contributed by atoms with Crippen LogP contribution in [0.25, 0.3) is 10.9 Å². The Balaban J connectivity index is 1.51. The molecule has 1 saturated carbocycles. The number of anilines is 1. The first-order valence-corrected chi connectivity index (χ1v) is 12.4. The molecule has 2 aromatic rings. The van der Waals surface area contributed by atoms with E-state index in [4.69, 9.17) is 47.0 Å². The van der Waals surface area contributed by atoms with Crippen LogP contribution in [0.1, 0.15) is 32.1 Å². The van der Waals surface area contributed by atoms with Gasteiger partial charge in [0.2, 0.25) is 9.70 Å². The van der Waals surface area contributed by atoms with Gasteiger partial charge >= 0.3 is 0 Å². The lowest BCUT2D eigenvalue weighted by Gasteiger charge is -2.34. The van der Waals surface area contributed by atoms with Crippen LogP contribution in [0.4, 0.5) is 5.69 Å². The number of carbonyl (C=O) groups excluding carboxylic acids is 1. The predicted molar refractivity (Wildman–Crippen MR) is 136 cm³/mol. The number of rotatable bonds is 5. The second kappa shape index (κ2) is 10.1. The summed E-state index contributed by atoms with van der Waals surface area (Å²) in [4.78, 5) is 20.9. The molecule has 1 N–H and O–H groups in total. The van der Waals surface area contributed by atoms with Gasteiger partial charge in [-0.2, -0.15) is 0 Å². The molecule has 1 aromatic heterocycles. The summed E-state index contributed by atoms with van der Waals surface area (Å²) in [6.45, 7) is 1.10. The molecule has 0 spiro atoms. The van der Waals surface area contributed by atoms with Crippen LogP contribution < -0.4 is 10.2 Å². The maximum atomic E-state index is 12.7. The minimum absolute atomic E-state index is 0.292. The number of aromatic nitrogens is 1. The molecular weight excluding hydrogens is 487 g/mol. The first-order chi connectivity index (χ1) is 15.3. The van der Waals surface area contributed by atoms with E-state index in [1.54, 1.807) is 17.2 Å². The van der Waals surface area contributed by atoms with Crippen molar-refractivity contribution in [3.05, 3.63) is 48.7 Å². The Hall–Kier alpha value is -1.60. The molecule has 1 saturated heterocycles. The first kappa shape index (κ1) is 23.6. The van der Waals surface area contributed by atoms with E-state index in [-0.39, 0.29) is 5.91 Å². The van der Waals surface area contributed by atoms with Crippen LogP contribution >= 0.6 is 47.0 Å². The number of allylic oxidation sites excluding steroid dienone is 1. The summed E-state index contributed by atoms with van der Waals surface area (Å²) < 4.78 is -1.76. The number of nitrogens with zero attached hydrogens (tertiary/aromatic N) is 3. The minimum atomic E-state index is -1.76. The Morgan fingerprint density at radius 3 is 2.66 bits per heavy atom. The van der Waals surface area contributed by atoms with E-state index in [1.165, 1.54) is 19.3 Å².